The van der Waals surface area contributed by atoms with Crippen LogP contribution in [0.15, 0.2) is 58.4 Å². The Morgan fingerprint density at radius 2 is 1.85 bits per heavy atom. The van der Waals surface area contributed by atoms with Gasteiger partial charge in [0.25, 0.3) is 10.0 Å². The number of sulfonamides is 1. The molecule has 1 aliphatic rings. The summed E-state index contributed by atoms with van der Waals surface area (Å²) in [4.78, 5) is 16.1. The first-order valence-corrected chi connectivity index (χ1v) is 9.30. The molecule has 0 saturated heterocycles. The largest absolute Gasteiger partial charge is 0.435 e. The Morgan fingerprint density at radius 1 is 1.15 bits per heavy atom. The van der Waals surface area contributed by atoms with E-state index in [2.05, 4.69) is 19.8 Å². The van der Waals surface area contributed by atoms with Crippen LogP contribution in [0.3, 0.4) is 0 Å². The highest BCUT2D eigenvalue weighted by Crippen LogP contribution is 2.22. The lowest BCUT2D eigenvalue weighted by Gasteiger charge is -2.07. The molecule has 142 valence electrons. The average molecular weight is 395 g/mol. The van der Waals surface area contributed by atoms with Crippen LogP contribution in [-0.4, -0.2) is 33.3 Å². The molecule has 1 amide bonds. The number of ether oxygens (including phenoxy) is 1. The highest BCUT2D eigenvalue weighted by Gasteiger charge is 2.30. The van der Waals surface area contributed by atoms with Crippen molar-refractivity contribution in [3.8, 4) is 5.75 Å². The lowest BCUT2D eigenvalue weighted by Crippen LogP contribution is -2.28. The number of nitrogens with one attached hydrogen (secondary N) is 2. The third-order valence-electron chi connectivity index (χ3n) is 3.68. The van der Waals surface area contributed by atoms with Gasteiger partial charge in [0.2, 0.25) is 5.91 Å². The molecule has 1 aliphatic heterocycles. The molecule has 7 nitrogen and oxygen atoms in total. The molecule has 3 rings (SSSR count). The number of benzene rings is 2. The number of halogens is 2. The number of nitrogens with zero attached hydrogens (tertiary/aromatic N) is 1. The zero-order valence-corrected chi connectivity index (χ0v) is 14.7. The van der Waals surface area contributed by atoms with E-state index in [1.54, 1.807) is 30.3 Å². The summed E-state index contributed by atoms with van der Waals surface area (Å²) in [6, 6.07) is 12.2. The molecule has 0 aromatic heterocycles. The third-order valence-corrected chi connectivity index (χ3v) is 5.08. The molecule has 0 saturated carbocycles. The van der Waals surface area contributed by atoms with Gasteiger partial charge in [-0.15, -0.1) is 0 Å². The van der Waals surface area contributed by atoms with Crippen molar-refractivity contribution in [2.24, 2.45) is 4.99 Å². The number of hydrogen-bond donors (Lipinski definition) is 2. The van der Waals surface area contributed by atoms with Gasteiger partial charge < -0.3 is 10.1 Å². The Labute approximate surface area is 154 Å². The van der Waals surface area contributed by atoms with Gasteiger partial charge >= 0.3 is 6.61 Å². The Morgan fingerprint density at radius 3 is 2.56 bits per heavy atom. The van der Waals surface area contributed by atoms with Crippen molar-refractivity contribution >= 4 is 21.8 Å². The zero-order valence-electron chi connectivity index (χ0n) is 13.9. The second-order valence-corrected chi connectivity index (χ2v) is 7.22. The van der Waals surface area contributed by atoms with Crippen LogP contribution in [0.5, 0.6) is 5.75 Å². The monoisotopic (exact) mass is 395 g/mol. The van der Waals surface area contributed by atoms with Gasteiger partial charge in [0.1, 0.15) is 18.1 Å². The smallest absolute Gasteiger partial charge is 0.387 e. The van der Waals surface area contributed by atoms with Gasteiger partial charge in [-0.3, -0.25) is 14.5 Å². The summed E-state index contributed by atoms with van der Waals surface area (Å²) in [7, 11) is -3.65. The number of amides is 1. The van der Waals surface area contributed by atoms with E-state index in [4.69, 9.17) is 0 Å². The Hall–Kier alpha value is -3.01. The molecule has 0 radical (unpaired) electrons. The van der Waals surface area contributed by atoms with Crippen LogP contribution in [-0.2, 0) is 21.4 Å². The minimum Gasteiger partial charge on any atom is -0.435 e. The molecule has 0 atom stereocenters. The van der Waals surface area contributed by atoms with Crippen LogP contribution in [0.4, 0.5) is 8.78 Å². The second-order valence-electron chi connectivity index (χ2n) is 5.57. The van der Waals surface area contributed by atoms with Crippen molar-refractivity contribution in [1.82, 2.24) is 10.0 Å². The molecule has 2 aromatic rings. The summed E-state index contributed by atoms with van der Waals surface area (Å²) >= 11 is 0. The highest BCUT2D eigenvalue weighted by molar-refractivity contribution is 7.90. The van der Waals surface area contributed by atoms with E-state index in [0.717, 1.165) is 0 Å². The highest BCUT2D eigenvalue weighted by atomic mass is 32.2. The van der Waals surface area contributed by atoms with E-state index in [9.17, 15) is 22.0 Å². The van der Waals surface area contributed by atoms with Gasteiger partial charge in [-0.2, -0.15) is 8.78 Å². The van der Waals surface area contributed by atoms with Gasteiger partial charge in [-0.1, -0.05) is 24.3 Å². The maximum atomic E-state index is 12.1. The molecule has 1 heterocycles. The Kier molecular flexibility index (Phi) is 5.36. The van der Waals surface area contributed by atoms with Crippen LogP contribution < -0.4 is 14.8 Å². The van der Waals surface area contributed by atoms with E-state index in [1.165, 1.54) is 18.2 Å². The first-order valence-electron chi connectivity index (χ1n) is 7.82. The van der Waals surface area contributed by atoms with E-state index < -0.39 is 22.5 Å². The fourth-order valence-electron chi connectivity index (χ4n) is 2.45. The Bertz CT molecular complexity index is 976. The summed E-state index contributed by atoms with van der Waals surface area (Å²) < 4.78 is 54.7. The van der Waals surface area contributed by atoms with Crippen molar-refractivity contribution in [3.05, 3.63) is 59.7 Å². The fourth-order valence-corrected chi connectivity index (χ4v) is 3.70. The van der Waals surface area contributed by atoms with Crippen molar-refractivity contribution in [1.29, 1.82) is 0 Å². The number of aliphatic imine (C=N–C) groups is 1. The van der Waals surface area contributed by atoms with Crippen LogP contribution in [0.2, 0.25) is 0 Å². The van der Waals surface area contributed by atoms with Crippen molar-refractivity contribution in [2.75, 3.05) is 6.54 Å². The lowest BCUT2D eigenvalue weighted by atomic mass is 10.2. The fraction of sp³-hybridized carbons (Fsp3) is 0.176. The third kappa shape index (κ3) is 4.59. The van der Waals surface area contributed by atoms with E-state index in [1.807, 2.05) is 0 Å². The molecule has 10 heteroatoms. The topological polar surface area (TPSA) is 96.9 Å². The number of hydrogen-bond acceptors (Lipinski definition) is 5. The van der Waals surface area contributed by atoms with Crippen molar-refractivity contribution < 1.29 is 26.7 Å². The number of amidine groups is 1. The van der Waals surface area contributed by atoms with E-state index >= 15 is 0 Å². The molecule has 2 N–H and O–H groups in total. The maximum absolute atomic E-state index is 12.1. The number of alkyl halides is 2. The van der Waals surface area contributed by atoms with Gasteiger partial charge in [-0.05, 0) is 29.8 Å². The predicted molar refractivity (Wildman–Crippen MR) is 93.1 cm³/mol. The van der Waals surface area contributed by atoms with Crippen LogP contribution in [0.25, 0.3) is 0 Å². The number of rotatable bonds is 6. The SMILES string of the molecule is O=C(CN=C1NS(=O)(=O)c2ccccc21)NCc1ccc(OC(F)F)cc1. The van der Waals surface area contributed by atoms with Crippen LogP contribution in [0, 0.1) is 0 Å². The van der Waals surface area contributed by atoms with Gasteiger partial charge in [0.15, 0.2) is 0 Å². The maximum Gasteiger partial charge on any atom is 0.387 e. The average Bonchev–Trinajstić information content (AvgIpc) is 2.90. The molecule has 0 bridgehead atoms. The van der Waals surface area contributed by atoms with Gasteiger partial charge in [0, 0.05) is 12.1 Å². The van der Waals surface area contributed by atoms with Crippen molar-refractivity contribution in [3.63, 3.8) is 0 Å². The first-order chi connectivity index (χ1) is 12.8. The van der Waals surface area contributed by atoms with Crippen molar-refractivity contribution in [2.45, 2.75) is 18.1 Å². The molecule has 0 unspecified atom stereocenters. The summed E-state index contributed by atoms with van der Waals surface area (Å²) in [6.07, 6.45) is 0. The molecule has 2 aromatic carbocycles. The molecule has 27 heavy (non-hydrogen) atoms. The van der Waals surface area contributed by atoms with Crippen LogP contribution in [0.1, 0.15) is 11.1 Å². The van der Waals surface area contributed by atoms with Gasteiger partial charge in [-0.25, -0.2) is 8.42 Å². The summed E-state index contributed by atoms with van der Waals surface area (Å²) in [5.41, 5.74) is 1.10. The second kappa shape index (κ2) is 7.70. The molecule has 0 fully saturated rings. The predicted octanol–water partition coefficient (Wildman–Crippen LogP) is 1.64. The zero-order chi connectivity index (χ0) is 19.4. The number of carbonyl (C=O) groups excluding carboxylic acids is 1. The normalized spacial score (nSPS) is 16.0. The Balaban J connectivity index is 1.57. The molecule has 0 aliphatic carbocycles. The van der Waals surface area contributed by atoms with Crippen LogP contribution >= 0.6 is 0 Å². The van der Waals surface area contributed by atoms with E-state index in [-0.39, 0.29) is 29.6 Å². The van der Waals surface area contributed by atoms with Gasteiger partial charge in [0.05, 0.1) is 4.90 Å². The molecule has 0 spiro atoms. The molecular formula is C17H15F2N3O4S. The number of carbonyl (C=O) groups is 1. The quantitative estimate of drug-likeness (QED) is 0.777. The standard InChI is InChI=1S/C17H15F2N3O4S/c18-17(19)26-12-7-5-11(6-8-12)9-20-15(23)10-21-16-13-3-1-2-4-14(13)27(24,25)22-16/h1-8,17H,9-10H2,(H,20,23)(H,21,22). The molecular weight excluding hydrogens is 380 g/mol. The van der Waals surface area contributed by atoms with E-state index in [0.29, 0.717) is 11.1 Å². The minimum atomic E-state index is -3.65. The summed E-state index contributed by atoms with van der Waals surface area (Å²) in [5.74, 6) is -0.271. The summed E-state index contributed by atoms with van der Waals surface area (Å²) in [5, 5.41) is 2.62. The minimum absolute atomic E-state index is 0.0265. The summed E-state index contributed by atoms with van der Waals surface area (Å²) in [6.45, 7) is -2.99. The lowest BCUT2D eigenvalue weighted by molar-refractivity contribution is -0.119. The first kappa shape index (κ1) is 18.8. The number of fused-ring (bicyclic) bond motifs is 1.